The second-order valence-electron chi connectivity index (χ2n) is 4.95. The summed E-state index contributed by atoms with van der Waals surface area (Å²) < 4.78 is 5.64. The number of ether oxygens (including phenoxy) is 1. The Bertz CT molecular complexity index is 557. The lowest BCUT2D eigenvalue weighted by molar-refractivity contribution is -0.129. The van der Waals surface area contributed by atoms with E-state index in [-0.39, 0.29) is 16.2 Å². The Morgan fingerprint density at radius 2 is 2.00 bits per heavy atom. The molecule has 114 valence electrons. The molecule has 0 spiro atoms. The van der Waals surface area contributed by atoms with Gasteiger partial charge < -0.3 is 10.1 Å². The molecule has 0 aliphatic carbocycles. The fourth-order valence-corrected chi connectivity index (χ4v) is 2.17. The van der Waals surface area contributed by atoms with Gasteiger partial charge in [-0.1, -0.05) is 36.0 Å². The standard InChI is InChI=1S/C15H18Cl2N2O2/c1-5-7-15(3,4)19-14(20)11(6-2)21-10-8-12(16)18-13(17)9-10/h8-9,11H,6H2,1-4H3,(H,19,20). The molecule has 0 aliphatic heterocycles. The molecule has 1 heterocycles. The van der Waals surface area contributed by atoms with E-state index in [1.54, 1.807) is 6.92 Å². The summed E-state index contributed by atoms with van der Waals surface area (Å²) in [5.41, 5.74) is -0.615. The fraction of sp³-hybridized carbons (Fsp3) is 0.467. The number of carbonyl (C=O) groups excluding carboxylic acids is 1. The normalized spacial score (nSPS) is 12.1. The highest BCUT2D eigenvalue weighted by molar-refractivity contribution is 6.32. The molecular weight excluding hydrogens is 311 g/mol. The minimum Gasteiger partial charge on any atom is -0.480 e. The molecule has 0 radical (unpaired) electrons. The Balaban J connectivity index is 2.82. The van der Waals surface area contributed by atoms with Crippen LogP contribution in [0.15, 0.2) is 12.1 Å². The zero-order valence-corrected chi connectivity index (χ0v) is 14.0. The van der Waals surface area contributed by atoms with E-state index >= 15 is 0 Å². The van der Waals surface area contributed by atoms with Crippen molar-refractivity contribution in [2.45, 2.75) is 45.8 Å². The third kappa shape index (κ3) is 5.82. The maximum absolute atomic E-state index is 12.3. The summed E-state index contributed by atoms with van der Waals surface area (Å²) >= 11 is 11.6. The largest absolute Gasteiger partial charge is 0.480 e. The van der Waals surface area contributed by atoms with Crippen LogP contribution in [0.5, 0.6) is 5.75 Å². The zero-order valence-electron chi connectivity index (χ0n) is 12.5. The van der Waals surface area contributed by atoms with Crippen molar-refractivity contribution in [2.24, 2.45) is 0 Å². The van der Waals surface area contributed by atoms with Gasteiger partial charge in [-0.15, -0.1) is 5.92 Å². The molecule has 1 amide bonds. The lowest BCUT2D eigenvalue weighted by Gasteiger charge is -2.24. The number of aromatic nitrogens is 1. The lowest BCUT2D eigenvalue weighted by Crippen LogP contribution is -2.48. The maximum atomic E-state index is 12.3. The van der Waals surface area contributed by atoms with Gasteiger partial charge in [-0.2, -0.15) is 0 Å². The number of nitrogens with zero attached hydrogens (tertiary/aromatic N) is 1. The van der Waals surface area contributed by atoms with Gasteiger partial charge in [0.05, 0.1) is 5.54 Å². The van der Waals surface area contributed by atoms with Crippen molar-refractivity contribution in [3.63, 3.8) is 0 Å². The molecular formula is C15H18Cl2N2O2. The van der Waals surface area contributed by atoms with E-state index in [1.807, 2.05) is 20.8 Å². The van der Waals surface area contributed by atoms with Crippen LogP contribution in [0.3, 0.4) is 0 Å². The molecule has 0 saturated carbocycles. The van der Waals surface area contributed by atoms with Crippen LogP contribution in [0.25, 0.3) is 0 Å². The number of carbonyl (C=O) groups is 1. The smallest absolute Gasteiger partial charge is 0.262 e. The fourth-order valence-electron chi connectivity index (χ4n) is 1.73. The summed E-state index contributed by atoms with van der Waals surface area (Å²) in [7, 11) is 0. The number of hydrogen-bond acceptors (Lipinski definition) is 3. The Hall–Kier alpha value is -1.44. The first-order valence-electron chi connectivity index (χ1n) is 6.53. The first-order valence-corrected chi connectivity index (χ1v) is 7.28. The van der Waals surface area contributed by atoms with Gasteiger partial charge in [-0.05, 0) is 27.2 Å². The van der Waals surface area contributed by atoms with Gasteiger partial charge in [0.2, 0.25) is 0 Å². The van der Waals surface area contributed by atoms with Crippen LogP contribution in [0, 0.1) is 11.8 Å². The Labute approximate surface area is 135 Å². The van der Waals surface area contributed by atoms with Gasteiger partial charge in [0.25, 0.3) is 5.91 Å². The second-order valence-corrected chi connectivity index (χ2v) is 5.73. The Morgan fingerprint density at radius 3 is 2.48 bits per heavy atom. The van der Waals surface area contributed by atoms with Crippen LogP contribution in [-0.2, 0) is 4.79 Å². The van der Waals surface area contributed by atoms with E-state index < -0.39 is 11.6 Å². The molecule has 4 nitrogen and oxygen atoms in total. The average Bonchev–Trinajstić information content (AvgIpc) is 2.33. The van der Waals surface area contributed by atoms with Gasteiger partial charge in [-0.3, -0.25) is 4.79 Å². The van der Waals surface area contributed by atoms with Gasteiger partial charge in [0.1, 0.15) is 16.1 Å². The molecule has 1 rings (SSSR count). The molecule has 1 aromatic rings. The Morgan fingerprint density at radius 1 is 1.43 bits per heavy atom. The van der Waals surface area contributed by atoms with Crippen LogP contribution >= 0.6 is 23.2 Å². The summed E-state index contributed by atoms with van der Waals surface area (Å²) in [4.78, 5) is 16.1. The molecule has 1 unspecified atom stereocenters. The van der Waals surface area contributed by atoms with Crippen LogP contribution in [0.2, 0.25) is 10.3 Å². The van der Waals surface area contributed by atoms with Crippen LogP contribution in [0.4, 0.5) is 0 Å². The van der Waals surface area contributed by atoms with Gasteiger partial charge in [-0.25, -0.2) is 4.98 Å². The minimum atomic E-state index is -0.655. The summed E-state index contributed by atoms with van der Waals surface area (Å²) in [6, 6.07) is 3.03. The minimum absolute atomic E-state index is 0.213. The maximum Gasteiger partial charge on any atom is 0.262 e. The van der Waals surface area contributed by atoms with Gasteiger partial charge >= 0.3 is 0 Å². The number of amides is 1. The monoisotopic (exact) mass is 328 g/mol. The number of nitrogens with one attached hydrogen (secondary N) is 1. The van der Waals surface area contributed by atoms with Crippen molar-refractivity contribution in [1.29, 1.82) is 0 Å². The lowest BCUT2D eigenvalue weighted by atomic mass is 10.1. The molecule has 0 bridgehead atoms. The van der Waals surface area contributed by atoms with E-state index in [0.29, 0.717) is 12.2 Å². The molecule has 1 N–H and O–H groups in total. The highest BCUT2D eigenvalue weighted by Crippen LogP contribution is 2.22. The van der Waals surface area contributed by atoms with Crippen LogP contribution < -0.4 is 10.1 Å². The summed E-state index contributed by atoms with van der Waals surface area (Å²) in [5.74, 6) is 5.87. The van der Waals surface area contributed by atoms with Gasteiger partial charge in [0.15, 0.2) is 6.10 Å². The van der Waals surface area contributed by atoms with E-state index in [4.69, 9.17) is 27.9 Å². The number of halogens is 2. The van der Waals surface area contributed by atoms with Crippen molar-refractivity contribution in [3.8, 4) is 17.6 Å². The first kappa shape index (κ1) is 17.6. The molecule has 21 heavy (non-hydrogen) atoms. The highest BCUT2D eigenvalue weighted by atomic mass is 35.5. The van der Waals surface area contributed by atoms with Crippen LogP contribution in [-0.4, -0.2) is 22.5 Å². The summed E-state index contributed by atoms with van der Waals surface area (Å²) in [6.07, 6.45) is -0.156. The Kier molecular flexibility index (Phi) is 6.32. The molecule has 1 aromatic heterocycles. The number of hydrogen-bond donors (Lipinski definition) is 1. The molecule has 6 heteroatoms. The van der Waals surface area contributed by atoms with Crippen molar-refractivity contribution in [3.05, 3.63) is 22.4 Å². The van der Waals surface area contributed by atoms with Crippen molar-refractivity contribution < 1.29 is 9.53 Å². The summed E-state index contributed by atoms with van der Waals surface area (Å²) in [6.45, 7) is 7.23. The molecule has 0 saturated heterocycles. The first-order chi connectivity index (χ1) is 9.77. The predicted molar refractivity (Wildman–Crippen MR) is 84.6 cm³/mol. The van der Waals surface area contributed by atoms with E-state index in [9.17, 15) is 4.79 Å². The predicted octanol–water partition coefficient (Wildman–Crippen LogP) is 3.46. The third-order valence-corrected chi connectivity index (χ3v) is 2.94. The van der Waals surface area contributed by atoms with E-state index in [2.05, 4.69) is 22.1 Å². The van der Waals surface area contributed by atoms with Crippen molar-refractivity contribution in [2.75, 3.05) is 0 Å². The van der Waals surface area contributed by atoms with E-state index in [1.165, 1.54) is 12.1 Å². The van der Waals surface area contributed by atoms with Gasteiger partial charge in [0, 0.05) is 12.1 Å². The van der Waals surface area contributed by atoms with E-state index in [0.717, 1.165) is 0 Å². The van der Waals surface area contributed by atoms with Crippen molar-refractivity contribution in [1.82, 2.24) is 10.3 Å². The van der Waals surface area contributed by atoms with Crippen LogP contribution in [0.1, 0.15) is 34.1 Å². The second kappa shape index (κ2) is 7.53. The third-order valence-electron chi connectivity index (χ3n) is 2.55. The topological polar surface area (TPSA) is 51.2 Å². The quantitative estimate of drug-likeness (QED) is 0.665. The molecule has 0 fully saturated rings. The molecule has 0 aromatic carbocycles. The zero-order chi connectivity index (χ0) is 16.0. The number of rotatable bonds is 5. The molecule has 1 atom stereocenters. The van der Waals surface area contributed by atoms with Crippen molar-refractivity contribution >= 4 is 29.1 Å². The number of pyridine rings is 1. The average molecular weight is 329 g/mol. The summed E-state index contributed by atoms with van der Waals surface area (Å²) in [5, 5.41) is 3.26. The SMILES string of the molecule is CC#CC(C)(C)NC(=O)C(CC)Oc1cc(Cl)nc(Cl)c1. The highest BCUT2D eigenvalue weighted by Gasteiger charge is 2.25. The molecule has 0 aliphatic rings.